The summed E-state index contributed by atoms with van der Waals surface area (Å²) in [6.07, 6.45) is 6.64. The normalized spacial score (nSPS) is 20.0. The summed E-state index contributed by atoms with van der Waals surface area (Å²) in [6, 6.07) is 17.8. The topological polar surface area (TPSA) is 172 Å². The molecule has 14 nitrogen and oxygen atoms in total. The first-order valence-electron chi connectivity index (χ1n) is 22.1. The van der Waals surface area contributed by atoms with E-state index in [0.29, 0.717) is 48.7 Å². The highest BCUT2D eigenvalue weighted by atomic mass is 35.5. The van der Waals surface area contributed by atoms with Gasteiger partial charge in [-0.2, -0.15) is 0 Å². The Bertz CT molecular complexity index is 2920. The number of nitrogens with zero attached hydrogens (tertiary/aromatic N) is 4. The van der Waals surface area contributed by atoms with Crippen molar-refractivity contribution >= 4 is 124 Å². The highest BCUT2D eigenvalue weighted by Crippen LogP contribution is 2.49. The lowest BCUT2D eigenvalue weighted by atomic mass is 9.26. The van der Waals surface area contributed by atoms with Crippen LogP contribution in [0, 0.1) is 21.4 Å². The molecule has 2 saturated heterocycles. The number of nitro groups is 1. The number of fused-ring (bicyclic) bond motifs is 1. The molecule has 24 heteroatoms. The zero-order valence-corrected chi connectivity index (χ0v) is 39.6. The SMILES string of the molecule is [B]C1([B])N(CC2=C(c3ccc(Cl)cc3)CC(C)(C)CC2)C([B])([B])C([B])([B])N(c2ccc(C(=O)NS(=O)(=O)c3ccc(NCC4CCOCC4)c([N+](=O)[O-])c3)c(Oc3cnc4[nH]ccc4c3)c2)C1([B])[B]. The molecule has 5 aromatic rings. The molecule has 1 amide bonds. The van der Waals surface area contributed by atoms with Gasteiger partial charge in [0.05, 0.1) is 84.3 Å². The molecule has 0 atom stereocenters. The van der Waals surface area contributed by atoms with Crippen molar-refractivity contribution in [2.45, 2.75) is 72.2 Å². The van der Waals surface area contributed by atoms with Crippen molar-refractivity contribution in [1.29, 1.82) is 0 Å². The van der Waals surface area contributed by atoms with Gasteiger partial charge in [0, 0.05) is 60.7 Å². The number of hydrogen-bond acceptors (Lipinski definition) is 11. The van der Waals surface area contributed by atoms with Gasteiger partial charge in [-0.3, -0.25) is 14.9 Å². The molecule has 2 aromatic heterocycles. The molecule has 69 heavy (non-hydrogen) atoms. The van der Waals surface area contributed by atoms with Gasteiger partial charge in [-0.1, -0.05) is 43.2 Å². The molecule has 4 heterocycles. The number of sulfonamides is 1. The Balaban J connectivity index is 1.15. The van der Waals surface area contributed by atoms with Gasteiger partial charge in [-0.05, 0) is 124 Å². The Morgan fingerprint density at radius 2 is 1.62 bits per heavy atom. The summed E-state index contributed by atoms with van der Waals surface area (Å²) in [4.78, 5) is 34.7. The van der Waals surface area contributed by atoms with Crippen molar-refractivity contribution in [3.8, 4) is 11.5 Å². The van der Waals surface area contributed by atoms with Crippen LogP contribution in [-0.4, -0.2) is 145 Å². The van der Waals surface area contributed by atoms with Gasteiger partial charge in [0.25, 0.3) is 21.6 Å². The highest BCUT2D eigenvalue weighted by Gasteiger charge is 2.60. The Morgan fingerprint density at radius 1 is 0.942 bits per heavy atom. The predicted octanol–water partition coefficient (Wildman–Crippen LogP) is 4.62. The van der Waals surface area contributed by atoms with Crippen LogP contribution >= 0.6 is 11.6 Å². The van der Waals surface area contributed by atoms with Gasteiger partial charge in [0.1, 0.15) is 22.8 Å². The summed E-state index contributed by atoms with van der Waals surface area (Å²) in [7, 11) is 51.0. The molecule has 1 aliphatic carbocycles. The second kappa shape index (κ2) is 18.7. The van der Waals surface area contributed by atoms with E-state index in [1.54, 1.807) is 30.5 Å². The Hall–Kier alpha value is -4.96. The number of allylic oxidation sites excluding steroid dienone is 1. The molecule has 8 rings (SSSR count). The molecular formula is C45H42B8ClN7O7S. The number of nitro benzene ring substituents is 1. The zero-order valence-electron chi connectivity index (χ0n) is 38.1. The second-order valence-corrected chi connectivity index (χ2v) is 20.9. The fraction of sp³-hybridized carbons (Fsp3) is 0.378. The fourth-order valence-corrected chi connectivity index (χ4v) is 10.3. The van der Waals surface area contributed by atoms with E-state index in [4.69, 9.17) is 83.8 Å². The lowest BCUT2D eigenvalue weighted by molar-refractivity contribution is -0.384. The minimum Gasteiger partial charge on any atom is -0.455 e. The van der Waals surface area contributed by atoms with Crippen molar-refractivity contribution in [1.82, 2.24) is 19.6 Å². The second-order valence-electron chi connectivity index (χ2n) is 18.8. The maximum absolute atomic E-state index is 14.2. The number of aromatic nitrogens is 2. The molecule has 0 bridgehead atoms. The first kappa shape index (κ1) is 50.4. The molecule has 3 N–H and O–H groups in total. The van der Waals surface area contributed by atoms with E-state index in [0.717, 1.165) is 53.0 Å². The minimum absolute atomic E-state index is 0.0521. The average Bonchev–Trinajstić information content (AvgIpc) is 3.75. The van der Waals surface area contributed by atoms with Crippen LogP contribution in [0.1, 0.15) is 61.9 Å². The van der Waals surface area contributed by atoms with Crippen LogP contribution in [0.15, 0.2) is 95.7 Å². The first-order chi connectivity index (χ1) is 32.3. The molecule has 0 spiro atoms. The molecule has 0 unspecified atom stereocenters. The number of rotatable bonds is 13. The summed E-state index contributed by atoms with van der Waals surface area (Å²) in [6.45, 7) is 5.85. The van der Waals surface area contributed by atoms with Crippen molar-refractivity contribution in [3.63, 3.8) is 0 Å². The number of amides is 1. The third kappa shape index (κ3) is 9.77. The summed E-state index contributed by atoms with van der Waals surface area (Å²) in [5.74, 6) is -1.16. The van der Waals surface area contributed by atoms with Crippen molar-refractivity contribution in [3.05, 3.63) is 117 Å². The van der Waals surface area contributed by atoms with Crippen LogP contribution in [0.5, 0.6) is 11.5 Å². The number of hydrogen-bond donors (Lipinski definition) is 3. The molecule has 2 fully saturated rings. The predicted molar refractivity (Wildman–Crippen MR) is 275 cm³/mol. The largest absolute Gasteiger partial charge is 0.455 e. The number of carbonyl (C=O) groups excluding carboxylic acids is 1. The van der Waals surface area contributed by atoms with Gasteiger partial charge in [0.2, 0.25) is 0 Å². The van der Waals surface area contributed by atoms with E-state index in [1.165, 1.54) is 35.4 Å². The number of halogens is 1. The number of aromatic amines is 1. The first-order valence-corrected chi connectivity index (χ1v) is 24.0. The number of carbonyl (C=O) groups is 1. The summed E-state index contributed by atoms with van der Waals surface area (Å²) in [5, 5.41) is 6.99. The molecule has 16 radical (unpaired) electrons. The van der Waals surface area contributed by atoms with Gasteiger partial charge in [0.15, 0.2) is 0 Å². The number of nitrogens with one attached hydrogen (secondary N) is 3. The Labute approximate surface area is 417 Å². The molecule has 2 aliphatic heterocycles. The maximum Gasteiger partial charge on any atom is 0.293 e. The summed E-state index contributed by atoms with van der Waals surface area (Å²) in [5.41, 5.74) is 2.46. The molecule has 3 aromatic carbocycles. The van der Waals surface area contributed by atoms with E-state index < -0.39 is 52.8 Å². The lowest BCUT2D eigenvalue weighted by Gasteiger charge is -2.76. The maximum atomic E-state index is 14.2. The Morgan fingerprint density at radius 3 is 2.29 bits per heavy atom. The third-order valence-corrected chi connectivity index (χ3v) is 14.9. The fourth-order valence-electron chi connectivity index (χ4n) is 9.19. The van der Waals surface area contributed by atoms with Crippen LogP contribution in [0.25, 0.3) is 16.6 Å². The smallest absolute Gasteiger partial charge is 0.293 e. The van der Waals surface area contributed by atoms with E-state index in [9.17, 15) is 23.3 Å². The number of anilines is 2. The van der Waals surface area contributed by atoms with E-state index in [1.807, 2.05) is 16.9 Å². The molecule has 336 valence electrons. The van der Waals surface area contributed by atoms with Crippen molar-refractivity contribution < 1.29 is 27.6 Å². The number of H-pyrrole nitrogens is 1. The zero-order chi connectivity index (χ0) is 49.9. The van der Waals surface area contributed by atoms with Crippen LogP contribution < -0.4 is 19.7 Å². The number of pyridine rings is 1. The van der Waals surface area contributed by atoms with Gasteiger partial charge in [-0.15, -0.1) is 0 Å². The number of piperazine rings is 1. The molecule has 0 saturated carbocycles. The van der Waals surface area contributed by atoms with E-state index >= 15 is 0 Å². The van der Waals surface area contributed by atoms with Gasteiger partial charge >= 0.3 is 0 Å². The Kier molecular flexibility index (Phi) is 13.6. The number of benzene rings is 3. The monoisotopic (exact) mass is 947 g/mol. The standard InChI is InChI=1S/C45H42B8ClN7O7S/c1-41(2)15-11-29(35(22-41)27-3-5-30(54)6-4-27)25-59-42(46,47)44(50,51)60(45(52,53)43(59,48)49)31-7-9-34(38(20-31)68-32-19-28-12-16-55-39(28)57-24-32)40(62)58-69(65,66)33-8-10-36(37(21-33)61(63)64)56-23-26-13-17-67-18-14-26/h3-10,12,16,19-21,24,26,56H,11,13-15,17-18,22-23,25H2,1-2H3,(H,55,57)(H,58,62). The van der Waals surface area contributed by atoms with Crippen LogP contribution in [0.3, 0.4) is 0 Å². The van der Waals surface area contributed by atoms with Crippen LogP contribution in [-0.2, 0) is 14.8 Å². The lowest BCUT2D eigenvalue weighted by Crippen LogP contribution is -2.92. The van der Waals surface area contributed by atoms with Crippen molar-refractivity contribution in [2.24, 2.45) is 11.3 Å². The molecular weight excluding hydrogens is 905 g/mol. The highest BCUT2D eigenvalue weighted by molar-refractivity contribution is 7.90. The third-order valence-electron chi connectivity index (χ3n) is 13.3. The minimum atomic E-state index is -4.77. The van der Waals surface area contributed by atoms with E-state index in [-0.39, 0.29) is 46.3 Å². The van der Waals surface area contributed by atoms with Gasteiger partial charge < -0.3 is 29.6 Å². The van der Waals surface area contributed by atoms with Crippen molar-refractivity contribution in [2.75, 3.05) is 36.5 Å². The molecule has 3 aliphatic rings. The number of ether oxygens (including phenoxy) is 2. The average molecular weight is 947 g/mol. The van der Waals surface area contributed by atoms with Gasteiger partial charge in [-0.25, -0.2) is 18.1 Å². The van der Waals surface area contributed by atoms with E-state index in [2.05, 4.69) is 29.1 Å². The van der Waals surface area contributed by atoms with Crippen LogP contribution in [0.4, 0.5) is 17.1 Å². The van der Waals surface area contributed by atoms with Crippen LogP contribution in [0.2, 0.25) is 5.02 Å². The summed E-state index contributed by atoms with van der Waals surface area (Å²) < 4.78 is 41.4. The quantitative estimate of drug-likeness (QED) is 0.0855. The summed E-state index contributed by atoms with van der Waals surface area (Å²) >= 11 is 6.25.